The monoisotopic (exact) mass is 177 g/mol. The normalized spacial score (nSPS) is 10.3. The quantitative estimate of drug-likeness (QED) is 0.650. The van der Waals surface area contributed by atoms with Crippen molar-refractivity contribution in [1.82, 2.24) is 20.2 Å². The number of tetrazole rings is 1. The lowest BCUT2D eigenvalue weighted by atomic mass is 10.2. The highest BCUT2D eigenvalue weighted by Gasteiger charge is 2.05. The fraction of sp³-hybridized carbons (Fsp3) is 0.125. The Morgan fingerprint density at radius 3 is 3.00 bits per heavy atom. The Morgan fingerprint density at radius 1 is 1.54 bits per heavy atom. The van der Waals surface area contributed by atoms with E-state index in [-0.39, 0.29) is 11.5 Å². The first-order valence-corrected chi connectivity index (χ1v) is 3.68. The van der Waals surface area contributed by atoms with Gasteiger partial charge in [0.15, 0.2) is 0 Å². The molecule has 4 nitrogen and oxygen atoms in total. The van der Waals surface area contributed by atoms with Crippen molar-refractivity contribution < 1.29 is 4.39 Å². The second-order valence-corrected chi connectivity index (χ2v) is 2.63. The third-order valence-corrected chi connectivity index (χ3v) is 1.60. The average Bonchev–Trinajstić information content (AvgIpc) is 2.56. The molecule has 0 bridgehead atoms. The van der Waals surface area contributed by atoms with Crippen LogP contribution >= 0.6 is 0 Å². The molecule has 0 spiro atoms. The molecule has 0 unspecified atom stereocenters. The number of hydrogen-bond donors (Lipinski definition) is 0. The van der Waals surface area contributed by atoms with Gasteiger partial charge in [-0.15, -0.1) is 5.10 Å². The first-order chi connectivity index (χ1) is 6.27. The van der Waals surface area contributed by atoms with Crippen LogP contribution in [0.25, 0.3) is 5.69 Å². The predicted octanol–water partition coefficient (Wildman–Crippen LogP) is 0.910. The summed E-state index contributed by atoms with van der Waals surface area (Å²) < 4.78 is 14.5. The van der Waals surface area contributed by atoms with E-state index in [0.29, 0.717) is 0 Å². The van der Waals surface area contributed by atoms with E-state index in [9.17, 15) is 4.39 Å². The van der Waals surface area contributed by atoms with Gasteiger partial charge in [0.1, 0.15) is 17.8 Å². The highest BCUT2D eigenvalue weighted by molar-refractivity contribution is 5.33. The SMILES string of the molecule is Cc1c[c]c(-n2cnnn2)c(F)c1. The minimum Gasteiger partial charge on any atom is -0.205 e. The van der Waals surface area contributed by atoms with Gasteiger partial charge in [-0.3, -0.25) is 0 Å². The van der Waals surface area contributed by atoms with Gasteiger partial charge in [0, 0.05) is 6.07 Å². The molecule has 0 aliphatic heterocycles. The van der Waals surface area contributed by atoms with Crippen molar-refractivity contribution in [2.45, 2.75) is 6.92 Å². The van der Waals surface area contributed by atoms with Crippen LogP contribution in [0.5, 0.6) is 0 Å². The molecule has 1 aromatic heterocycles. The van der Waals surface area contributed by atoms with E-state index >= 15 is 0 Å². The summed E-state index contributed by atoms with van der Waals surface area (Å²) in [5.74, 6) is -0.382. The van der Waals surface area contributed by atoms with Gasteiger partial charge >= 0.3 is 0 Å². The Balaban J connectivity index is 2.53. The van der Waals surface area contributed by atoms with E-state index in [1.54, 1.807) is 13.0 Å². The largest absolute Gasteiger partial charge is 0.205 e. The van der Waals surface area contributed by atoms with Gasteiger partial charge < -0.3 is 0 Å². The Bertz CT molecular complexity index is 410. The van der Waals surface area contributed by atoms with Gasteiger partial charge in [-0.25, -0.2) is 4.39 Å². The van der Waals surface area contributed by atoms with E-state index in [2.05, 4.69) is 21.6 Å². The maximum Gasteiger partial charge on any atom is 0.149 e. The Hall–Kier alpha value is -1.78. The molecule has 13 heavy (non-hydrogen) atoms. The topological polar surface area (TPSA) is 43.6 Å². The van der Waals surface area contributed by atoms with E-state index in [0.717, 1.165) is 5.56 Å². The smallest absolute Gasteiger partial charge is 0.149 e. The molecule has 1 heterocycles. The van der Waals surface area contributed by atoms with Crippen LogP contribution in [0.2, 0.25) is 0 Å². The predicted molar refractivity (Wildman–Crippen MR) is 42.7 cm³/mol. The third-order valence-electron chi connectivity index (χ3n) is 1.60. The first kappa shape index (κ1) is 7.85. The van der Waals surface area contributed by atoms with Crippen molar-refractivity contribution in [2.75, 3.05) is 0 Å². The average molecular weight is 177 g/mol. The molecule has 5 heteroatoms. The lowest BCUT2D eigenvalue weighted by molar-refractivity contribution is 0.605. The fourth-order valence-electron chi connectivity index (χ4n) is 1.00. The Morgan fingerprint density at radius 2 is 2.38 bits per heavy atom. The summed E-state index contributed by atoms with van der Waals surface area (Å²) in [5, 5.41) is 10.4. The van der Waals surface area contributed by atoms with Gasteiger partial charge in [-0.1, -0.05) is 0 Å². The molecular weight excluding hydrogens is 171 g/mol. The minimum atomic E-state index is -0.382. The highest BCUT2D eigenvalue weighted by atomic mass is 19.1. The zero-order valence-electron chi connectivity index (χ0n) is 6.90. The summed E-state index contributed by atoms with van der Waals surface area (Å²) in [7, 11) is 0. The zero-order valence-corrected chi connectivity index (χ0v) is 6.90. The Labute approximate surface area is 74.0 Å². The van der Waals surface area contributed by atoms with Crippen LogP contribution in [0.15, 0.2) is 18.5 Å². The van der Waals surface area contributed by atoms with Crippen molar-refractivity contribution in [3.8, 4) is 5.69 Å². The number of aromatic nitrogens is 4. The second kappa shape index (κ2) is 2.93. The third kappa shape index (κ3) is 1.40. The molecule has 0 saturated carbocycles. The summed E-state index contributed by atoms with van der Waals surface area (Å²) in [6, 6.07) is 5.84. The van der Waals surface area contributed by atoms with Crippen LogP contribution in [0.3, 0.4) is 0 Å². The van der Waals surface area contributed by atoms with Crippen LogP contribution in [-0.2, 0) is 0 Å². The van der Waals surface area contributed by atoms with E-state index in [1.165, 1.54) is 17.1 Å². The lowest BCUT2D eigenvalue weighted by Crippen LogP contribution is -1.99. The molecule has 0 fully saturated rings. The number of hydrogen-bond acceptors (Lipinski definition) is 3. The summed E-state index contributed by atoms with van der Waals surface area (Å²) >= 11 is 0. The van der Waals surface area contributed by atoms with Gasteiger partial charge in [-0.2, -0.15) is 4.68 Å². The number of benzene rings is 1. The summed E-state index contributed by atoms with van der Waals surface area (Å²) in [5.41, 5.74) is 1.05. The molecule has 0 saturated heterocycles. The molecule has 0 N–H and O–H groups in total. The maximum absolute atomic E-state index is 13.3. The number of aryl methyl sites for hydroxylation is 1. The molecule has 0 atom stereocenters. The standard InChI is InChI=1S/C8H6FN4/c1-6-2-3-8(7(9)4-6)13-5-10-11-12-13/h2,4-5H,1H3. The summed E-state index contributed by atoms with van der Waals surface area (Å²) in [4.78, 5) is 0. The van der Waals surface area contributed by atoms with Gasteiger partial charge in [0.05, 0.1) is 0 Å². The van der Waals surface area contributed by atoms with Crippen molar-refractivity contribution in [3.05, 3.63) is 35.9 Å². The molecule has 2 aromatic rings. The van der Waals surface area contributed by atoms with E-state index < -0.39 is 0 Å². The fourth-order valence-corrected chi connectivity index (χ4v) is 1.00. The number of halogens is 1. The van der Waals surface area contributed by atoms with Crippen LogP contribution < -0.4 is 0 Å². The highest BCUT2D eigenvalue weighted by Crippen LogP contribution is 2.11. The van der Waals surface area contributed by atoms with E-state index in [4.69, 9.17) is 0 Å². The molecule has 0 amide bonds. The molecule has 0 aliphatic rings. The molecule has 1 radical (unpaired) electrons. The van der Waals surface area contributed by atoms with Gasteiger partial charge in [0.25, 0.3) is 0 Å². The first-order valence-electron chi connectivity index (χ1n) is 3.68. The number of nitrogens with zero attached hydrogens (tertiary/aromatic N) is 4. The maximum atomic E-state index is 13.3. The van der Waals surface area contributed by atoms with Crippen molar-refractivity contribution >= 4 is 0 Å². The van der Waals surface area contributed by atoms with Crippen molar-refractivity contribution in [2.24, 2.45) is 0 Å². The van der Waals surface area contributed by atoms with Gasteiger partial charge in [0.2, 0.25) is 0 Å². The van der Waals surface area contributed by atoms with E-state index in [1.807, 2.05) is 0 Å². The molecule has 2 rings (SSSR count). The molecule has 1 aromatic carbocycles. The molecule has 65 valence electrons. The zero-order chi connectivity index (χ0) is 9.26. The van der Waals surface area contributed by atoms with Crippen LogP contribution in [0.4, 0.5) is 4.39 Å². The Kier molecular flexibility index (Phi) is 1.77. The van der Waals surface area contributed by atoms with Crippen LogP contribution in [0, 0.1) is 18.8 Å². The van der Waals surface area contributed by atoms with Crippen molar-refractivity contribution in [3.63, 3.8) is 0 Å². The van der Waals surface area contributed by atoms with Crippen molar-refractivity contribution in [1.29, 1.82) is 0 Å². The lowest BCUT2D eigenvalue weighted by Gasteiger charge is -2.00. The summed E-state index contributed by atoms with van der Waals surface area (Å²) in [6.45, 7) is 1.79. The molecule has 0 aliphatic carbocycles. The minimum absolute atomic E-state index is 0.232. The number of rotatable bonds is 1. The van der Waals surface area contributed by atoms with Crippen LogP contribution in [0.1, 0.15) is 5.56 Å². The van der Waals surface area contributed by atoms with Crippen LogP contribution in [-0.4, -0.2) is 20.2 Å². The van der Waals surface area contributed by atoms with Gasteiger partial charge in [-0.05, 0) is 35.0 Å². The molecular formula is C8H6FN4. The summed E-state index contributed by atoms with van der Waals surface area (Å²) in [6.07, 6.45) is 1.32. The second-order valence-electron chi connectivity index (χ2n) is 2.63.